The van der Waals surface area contributed by atoms with E-state index in [0.717, 1.165) is 39.3 Å². The lowest BCUT2D eigenvalue weighted by molar-refractivity contribution is -0.137. The third kappa shape index (κ3) is 6.10. The van der Waals surface area contributed by atoms with Crippen LogP contribution >= 0.6 is 0 Å². The number of aromatic nitrogens is 3. The van der Waals surface area contributed by atoms with Gasteiger partial charge < -0.3 is 9.84 Å². The zero-order valence-electron chi connectivity index (χ0n) is 22.9. The molecule has 0 bridgehead atoms. The van der Waals surface area contributed by atoms with Gasteiger partial charge in [-0.1, -0.05) is 56.2 Å². The summed E-state index contributed by atoms with van der Waals surface area (Å²) in [6.45, 7) is 9.93. The van der Waals surface area contributed by atoms with E-state index in [1.54, 1.807) is 11.4 Å². The van der Waals surface area contributed by atoms with E-state index in [1.807, 2.05) is 68.6 Å². The highest BCUT2D eigenvalue weighted by atomic mass is 16.5. The van der Waals surface area contributed by atoms with Crippen LogP contribution in [-0.4, -0.2) is 25.7 Å². The molecule has 4 rings (SSSR count). The molecule has 1 unspecified atom stereocenters. The molecule has 0 amide bonds. The minimum atomic E-state index is -0.886. The summed E-state index contributed by atoms with van der Waals surface area (Å²) < 4.78 is 7.91. The summed E-state index contributed by atoms with van der Waals surface area (Å²) in [6, 6.07) is 19.8. The van der Waals surface area contributed by atoms with Gasteiger partial charge >= 0.3 is 5.97 Å². The fourth-order valence-electron chi connectivity index (χ4n) is 4.47. The molecule has 1 atom stereocenters. The van der Waals surface area contributed by atoms with Crippen molar-refractivity contribution in [3.63, 3.8) is 0 Å². The molecule has 2 heterocycles. The number of carbonyl (C=O) groups is 1. The molecule has 0 saturated carbocycles. The van der Waals surface area contributed by atoms with E-state index in [1.165, 1.54) is 0 Å². The number of nitriles is 1. The minimum Gasteiger partial charge on any atom is -0.489 e. The number of hydrogen-bond acceptors (Lipinski definition) is 5. The van der Waals surface area contributed by atoms with Crippen LogP contribution in [0.1, 0.15) is 75.4 Å². The monoisotopic (exact) mass is 520 g/mol. The van der Waals surface area contributed by atoms with Crippen LogP contribution < -0.4 is 4.74 Å². The number of carboxylic acid groups (broad SMARTS) is 1. The summed E-state index contributed by atoms with van der Waals surface area (Å²) in [5.74, 6) is 6.09. The van der Waals surface area contributed by atoms with Crippen LogP contribution in [0.25, 0.3) is 16.8 Å². The molecule has 39 heavy (non-hydrogen) atoms. The van der Waals surface area contributed by atoms with Gasteiger partial charge in [0.1, 0.15) is 12.4 Å². The molecular weight excluding hydrogens is 488 g/mol. The molecular formula is C32H32N4O3. The number of nitrogens with zero attached hydrogens (tertiary/aromatic N) is 4. The molecule has 7 nitrogen and oxygen atoms in total. The lowest BCUT2D eigenvalue weighted by Gasteiger charge is -2.21. The average molecular weight is 521 g/mol. The van der Waals surface area contributed by atoms with Crippen LogP contribution in [0, 0.1) is 23.2 Å². The van der Waals surface area contributed by atoms with E-state index in [-0.39, 0.29) is 24.9 Å². The number of carboxylic acids is 1. The second-order valence-corrected chi connectivity index (χ2v) is 10.3. The summed E-state index contributed by atoms with van der Waals surface area (Å²) in [6.07, 6.45) is 1.87. The van der Waals surface area contributed by atoms with Crippen molar-refractivity contribution in [1.29, 1.82) is 5.26 Å². The van der Waals surface area contributed by atoms with Crippen LogP contribution in [0.4, 0.5) is 0 Å². The number of pyridine rings is 1. The zero-order chi connectivity index (χ0) is 28.2. The predicted octanol–water partition coefficient (Wildman–Crippen LogP) is 6.48. The fourth-order valence-corrected chi connectivity index (χ4v) is 4.47. The first-order valence-electron chi connectivity index (χ1n) is 12.9. The number of rotatable bonds is 9. The number of fused-ring (bicyclic) bond motifs is 1. The Labute approximate surface area is 229 Å². The number of aliphatic carboxylic acids is 1. The van der Waals surface area contributed by atoms with Gasteiger partial charge in [0, 0.05) is 23.2 Å². The Bertz CT molecular complexity index is 1600. The standard InChI is InChI=1S/C32H32N4O3/c1-6-9-24(17-29(37)38)23-12-14-25(15-13-23)39-19-22-16-27(31-34-30(21(2)3)35-36(31)18-22)26-10-7-8-11-28(26)32(4,5)20-33/h7-8,10-16,18,21,24H,17,19H2,1-5H3,(H,37,38). The molecule has 4 aromatic rings. The largest absolute Gasteiger partial charge is 0.489 e. The summed E-state index contributed by atoms with van der Waals surface area (Å²) in [4.78, 5) is 16.1. The smallest absolute Gasteiger partial charge is 0.304 e. The molecule has 0 spiro atoms. The van der Waals surface area contributed by atoms with Crippen molar-refractivity contribution >= 4 is 11.6 Å². The normalized spacial score (nSPS) is 12.0. The maximum absolute atomic E-state index is 11.2. The Kier molecular flexibility index (Phi) is 8.02. The SMILES string of the molecule is CC#CC(CC(=O)O)c1ccc(OCc2cc(-c3ccccc3C(C)(C)C#N)c3nc(C(C)C)nn3c2)cc1. The van der Waals surface area contributed by atoms with Crippen LogP contribution in [0.3, 0.4) is 0 Å². The number of benzene rings is 2. The topological polar surface area (TPSA) is 101 Å². The summed E-state index contributed by atoms with van der Waals surface area (Å²) >= 11 is 0. The van der Waals surface area contributed by atoms with Gasteiger partial charge in [0.05, 0.1) is 23.8 Å². The van der Waals surface area contributed by atoms with Gasteiger partial charge in [-0.25, -0.2) is 9.50 Å². The molecule has 0 aliphatic carbocycles. The lowest BCUT2D eigenvalue weighted by Crippen LogP contribution is -2.15. The first-order chi connectivity index (χ1) is 18.6. The van der Waals surface area contributed by atoms with E-state index in [9.17, 15) is 15.2 Å². The lowest BCUT2D eigenvalue weighted by atomic mass is 9.81. The Morgan fingerprint density at radius 1 is 1.13 bits per heavy atom. The van der Waals surface area contributed by atoms with Crippen molar-refractivity contribution in [2.45, 2.75) is 64.9 Å². The number of ether oxygens (including phenoxy) is 1. The molecule has 7 heteroatoms. The van der Waals surface area contributed by atoms with Crippen molar-refractivity contribution in [2.75, 3.05) is 0 Å². The van der Waals surface area contributed by atoms with Crippen LogP contribution in [0.2, 0.25) is 0 Å². The van der Waals surface area contributed by atoms with Gasteiger partial charge in [0.25, 0.3) is 0 Å². The van der Waals surface area contributed by atoms with Crippen molar-refractivity contribution in [2.24, 2.45) is 0 Å². The Balaban J connectivity index is 1.69. The average Bonchev–Trinajstić information content (AvgIpc) is 3.36. The second kappa shape index (κ2) is 11.4. The van der Waals surface area contributed by atoms with Crippen molar-refractivity contribution < 1.29 is 14.6 Å². The quantitative estimate of drug-likeness (QED) is 0.254. The van der Waals surface area contributed by atoms with Crippen molar-refractivity contribution in [3.8, 4) is 34.8 Å². The molecule has 2 aromatic carbocycles. The zero-order valence-corrected chi connectivity index (χ0v) is 22.9. The number of hydrogen-bond donors (Lipinski definition) is 1. The minimum absolute atomic E-state index is 0.0514. The third-order valence-corrected chi connectivity index (χ3v) is 6.58. The highest BCUT2D eigenvalue weighted by Gasteiger charge is 2.25. The highest BCUT2D eigenvalue weighted by molar-refractivity contribution is 5.81. The van der Waals surface area contributed by atoms with Gasteiger partial charge in [-0.3, -0.25) is 4.79 Å². The highest BCUT2D eigenvalue weighted by Crippen LogP contribution is 2.35. The van der Waals surface area contributed by atoms with E-state index in [0.29, 0.717) is 5.75 Å². The van der Waals surface area contributed by atoms with Crippen molar-refractivity contribution in [3.05, 3.63) is 83.3 Å². The predicted molar refractivity (Wildman–Crippen MR) is 150 cm³/mol. The third-order valence-electron chi connectivity index (χ3n) is 6.58. The van der Waals surface area contributed by atoms with E-state index < -0.39 is 11.4 Å². The van der Waals surface area contributed by atoms with Gasteiger partial charge in [0.2, 0.25) is 0 Å². The molecule has 0 saturated heterocycles. The molecule has 1 N–H and O–H groups in total. The van der Waals surface area contributed by atoms with Crippen LogP contribution in [-0.2, 0) is 16.8 Å². The summed E-state index contributed by atoms with van der Waals surface area (Å²) in [5, 5.41) is 23.8. The summed E-state index contributed by atoms with van der Waals surface area (Å²) in [7, 11) is 0. The molecule has 0 radical (unpaired) electrons. The Morgan fingerprint density at radius 3 is 2.49 bits per heavy atom. The Hall–Kier alpha value is -4.62. The van der Waals surface area contributed by atoms with Crippen LogP contribution in [0.15, 0.2) is 60.8 Å². The fraction of sp³-hybridized carbons (Fsp3) is 0.312. The van der Waals surface area contributed by atoms with E-state index in [4.69, 9.17) is 14.8 Å². The first-order valence-corrected chi connectivity index (χ1v) is 12.9. The molecule has 0 aliphatic rings. The van der Waals surface area contributed by atoms with Gasteiger partial charge in [-0.05, 0) is 55.7 Å². The Morgan fingerprint density at radius 2 is 1.85 bits per heavy atom. The second-order valence-electron chi connectivity index (χ2n) is 10.3. The molecule has 0 fully saturated rings. The van der Waals surface area contributed by atoms with Crippen LogP contribution in [0.5, 0.6) is 5.75 Å². The van der Waals surface area contributed by atoms with Gasteiger partial charge in [-0.2, -0.15) is 10.4 Å². The van der Waals surface area contributed by atoms with E-state index >= 15 is 0 Å². The van der Waals surface area contributed by atoms with Gasteiger partial charge in [-0.15, -0.1) is 5.92 Å². The molecule has 0 aliphatic heterocycles. The van der Waals surface area contributed by atoms with Gasteiger partial charge in [0.15, 0.2) is 11.5 Å². The summed E-state index contributed by atoms with van der Waals surface area (Å²) in [5.41, 5.74) is 4.51. The van der Waals surface area contributed by atoms with E-state index in [2.05, 4.69) is 37.8 Å². The first kappa shape index (κ1) is 27.4. The van der Waals surface area contributed by atoms with Crippen molar-refractivity contribution in [1.82, 2.24) is 14.6 Å². The maximum Gasteiger partial charge on any atom is 0.304 e. The maximum atomic E-state index is 11.2. The molecule has 2 aromatic heterocycles. The molecule has 198 valence electrons.